The summed E-state index contributed by atoms with van der Waals surface area (Å²) in [6.07, 6.45) is 83.3. The van der Waals surface area contributed by atoms with Gasteiger partial charge < -0.3 is 14.2 Å². The number of carbonyl (C=O) groups is 3. The smallest absolute Gasteiger partial charge is 0.306 e. The average molecular weight is 1010 g/mol. The lowest BCUT2D eigenvalue weighted by Crippen LogP contribution is -2.30. The molecule has 0 aliphatic carbocycles. The number of rotatable bonds is 53. The fourth-order valence-electron chi connectivity index (χ4n) is 7.98. The van der Waals surface area contributed by atoms with Gasteiger partial charge in [0.1, 0.15) is 13.2 Å². The third kappa shape index (κ3) is 58.6. The fraction of sp³-hybridized carbons (Fsp3) is 0.657. The maximum atomic E-state index is 12.9. The minimum Gasteiger partial charge on any atom is -0.462 e. The molecule has 1 unspecified atom stereocenters. The SMILES string of the molecule is CC/C=C\C/C=C\C/C=C\C/C=C\C/C=C\CCCCCC(=O)OCC(COC(=O)CCCCCC/C=C\C/C=C\C/C=C\C/C=C\CC)OC(=O)CCCCCCCCCCC/C=C\CCCCCCCC. The monoisotopic (exact) mass is 1010 g/mol. The zero-order valence-electron chi connectivity index (χ0n) is 47.4. The summed E-state index contributed by atoms with van der Waals surface area (Å²) in [7, 11) is 0. The van der Waals surface area contributed by atoms with Gasteiger partial charge in [-0.2, -0.15) is 0 Å². The molecule has 0 aromatic heterocycles. The molecule has 0 aliphatic rings. The Kier molecular flexibility index (Phi) is 56.9. The maximum Gasteiger partial charge on any atom is 0.306 e. The molecular formula is C67H110O6. The lowest BCUT2D eigenvalue weighted by atomic mass is 10.1. The van der Waals surface area contributed by atoms with E-state index in [1.165, 1.54) is 89.9 Å². The highest BCUT2D eigenvalue weighted by Crippen LogP contribution is 2.15. The van der Waals surface area contributed by atoms with Crippen LogP contribution in [0.25, 0.3) is 0 Å². The van der Waals surface area contributed by atoms with Crippen LogP contribution < -0.4 is 0 Å². The van der Waals surface area contributed by atoms with Gasteiger partial charge in [0, 0.05) is 19.3 Å². The van der Waals surface area contributed by atoms with Crippen LogP contribution in [0.2, 0.25) is 0 Å². The van der Waals surface area contributed by atoms with Gasteiger partial charge >= 0.3 is 17.9 Å². The van der Waals surface area contributed by atoms with E-state index in [1.54, 1.807) is 0 Å². The lowest BCUT2D eigenvalue weighted by Gasteiger charge is -2.18. The van der Waals surface area contributed by atoms with Crippen molar-refractivity contribution in [3.63, 3.8) is 0 Å². The molecule has 0 bridgehead atoms. The number of hydrogen-bond acceptors (Lipinski definition) is 6. The molecule has 0 aromatic rings. The molecule has 414 valence electrons. The average Bonchev–Trinajstić information content (AvgIpc) is 3.39. The molecule has 6 nitrogen and oxygen atoms in total. The summed E-state index contributed by atoms with van der Waals surface area (Å²) >= 11 is 0. The van der Waals surface area contributed by atoms with Gasteiger partial charge in [-0.25, -0.2) is 0 Å². The van der Waals surface area contributed by atoms with Crippen molar-refractivity contribution in [3.8, 4) is 0 Å². The number of esters is 3. The van der Waals surface area contributed by atoms with E-state index >= 15 is 0 Å². The molecule has 0 amide bonds. The van der Waals surface area contributed by atoms with Crippen molar-refractivity contribution >= 4 is 17.9 Å². The minimum atomic E-state index is -0.808. The van der Waals surface area contributed by atoms with Gasteiger partial charge in [0.25, 0.3) is 0 Å². The molecule has 0 N–H and O–H groups in total. The summed E-state index contributed by atoms with van der Waals surface area (Å²) in [6.45, 7) is 6.37. The third-order valence-electron chi connectivity index (χ3n) is 12.4. The number of allylic oxidation sites excluding steroid dienone is 20. The zero-order chi connectivity index (χ0) is 52.9. The van der Waals surface area contributed by atoms with Crippen molar-refractivity contribution in [2.75, 3.05) is 13.2 Å². The van der Waals surface area contributed by atoms with Crippen molar-refractivity contribution < 1.29 is 28.6 Å². The Morgan fingerprint density at radius 2 is 0.534 bits per heavy atom. The van der Waals surface area contributed by atoms with Crippen LogP contribution in [0.5, 0.6) is 0 Å². The van der Waals surface area contributed by atoms with E-state index in [4.69, 9.17) is 14.2 Å². The van der Waals surface area contributed by atoms with Crippen molar-refractivity contribution in [1.82, 2.24) is 0 Å². The van der Waals surface area contributed by atoms with E-state index in [-0.39, 0.29) is 31.1 Å². The van der Waals surface area contributed by atoms with Crippen LogP contribution in [0.4, 0.5) is 0 Å². The van der Waals surface area contributed by atoms with E-state index < -0.39 is 6.10 Å². The van der Waals surface area contributed by atoms with Gasteiger partial charge in [0.05, 0.1) is 0 Å². The number of ether oxygens (including phenoxy) is 3. The lowest BCUT2D eigenvalue weighted by molar-refractivity contribution is -0.167. The maximum absolute atomic E-state index is 12.9. The first-order valence-electron chi connectivity index (χ1n) is 30.0. The van der Waals surface area contributed by atoms with Gasteiger partial charge in [-0.05, 0) is 128 Å². The normalized spacial score (nSPS) is 13.0. The summed E-state index contributed by atoms with van der Waals surface area (Å²) in [5, 5.41) is 0. The van der Waals surface area contributed by atoms with E-state index in [0.29, 0.717) is 19.3 Å². The van der Waals surface area contributed by atoms with Crippen molar-refractivity contribution in [1.29, 1.82) is 0 Å². The summed E-state index contributed by atoms with van der Waals surface area (Å²) in [5.74, 6) is -0.959. The van der Waals surface area contributed by atoms with Crippen molar-refractivity contribution in [3.05, 3.63) is 122 Å². The predicted octanol–water partition coefficient (Wildman–Crippen LogP) is 20.4. The second kappa shape index (κ2) is 60.4. The number of carbonyl (C=O) groups excluding carboxylic acids is 3. The Morgan fingerprint density at radius 1 is 0.288 bits per heavy atom. The van der Waals surface area contributed by atoms with Crippen LogP contribution in [0, 0.1) is 0 Å². The van der Waals surface area contributed by atoms with Gasteiger partial charge in [-0.1, -0.05) is 239 Å². The van der Waals surface area contributed by atoms with E-state index in [9.17, 15) is 14.4 Å². The Hall–Kier alpha value is -4.19. The quantitative estimate of drug-likeness (QED) is 0.0261. The first-order valence-corrected chi connectivity index (χ1v) is 30.0. The van der Waals surface area contributed by atoms with Crippen molar-refractivity contribution in [2.24, 2.45) is 0 Å². The second-order valence-corrected chi connectivity index (χ2v) is 19.5. The molecule has 0 rings (SSSR count). The topological polar surface area (TPSA) is 78.9 Å². The number of hydrogen-bond donors (Lipinski definition) is 0. The Bertz CT molecular complexity index is 1540. The molecule has 0 aliphatic heterocycles. The zero-order valence-corrected chi connectivity index (χ0v) is 47.4. The van der Waals surface area contributed by atoms with Gasteiger partial charge in [0.15, 0.2) is 6.10 Å². The minimum absolute atomic E-state index is 0.105. The van der Waals surface area contributed by atoms with E-state index in [0.717, 1.165) is 135 Å². The highest BCUT2D eigenvalue weighted by molar-refractivity contribution is 5.71. The molecule has 6 heteroatoms. The first kappa shape index (κ1) is 68.8. The molecule has 0 aromatic carbocycles. The third-order valence-corrected chi connectivity index (χ3v) is 12.4. The summed E-state index contributed by atoms with van der Waals surface area (Å²) in [4.78, 5) is 38.3. The number of unbranched alkanes of at least 4 members (excludes halogenated alkanes) is 22. The van der Waals surface area contributed by atoms with Crippen LogP contribution in [0.3, 0.4) is 0 Å². The highest BCUT2D eigenvalue weighted by atomic mass is 16.6. The summed E-state index contributed by atoms with van der Waals surface area (Å²) in [6, 6.07) is 0. The highest BCUT2D eigenvalue weighted by Gasteiger charge is 2.19. The van der Waals surface area contributed by atoms with E-state index in [1.807, 2.05) is 0 Å². The summed E-state index contributed by atoms with van der Waals surface area (Å²) < 4.78 is 16.9. The van der Waals surface area contributed by atoms with Gasteiger partial charge in [-0.15, -0.1) is 0 Å². The van der Waals surface area contributed by atoms with Crippen molar-refractivity contribution in [2.45, 2.75) is 271 Å². The molecular weight excluding hydrogens is 901 g/mol. The molecule has 0 radical (unpaired) electrons. The molecule has 1 atom stereocenters. The molecule has 0 heterocycles. The van der Waals surface area contributed by atoms with Gasteiger partial charge in [0.2, 0.25) is 0 Å². The second-order valence-electron chi connectivity index (χ2n) is 19.5. The van der Waals surface area contributed by atoms with Gasteiger partial charge in [-0.3, -0.25) is 14.4 Å². The Labute approximate surface area is 450 Å². The molecule has 0 saturated carbocycles. The predicted molar refractivity (Wildman–Crippen MR) is 316 cm³/mol. The molecule has 73 heavy (non-hydrogen) atoms. The Morgan fingerprint density at radius 3 is 0.863 bits per heavy atom. The molecule has 0 spiro atoms. The molecule has 0 saturated heterocycles. The standard InChI is InChI=1S/C67H110O6/c1-4-7-10-13-16-19-22-25-28-31-33-36-39-42-45-48-51-54-57-60-66(69)72-63-64(62-71-65(68)59-56-53-50-47-44-41-38-35-30-27-24-21-18-15-12-9-6-3)73-67(70)61-58-55-52-49-46-43-40-37-34-32-29-26-23-20-17-14-11-8-5-2/h7,9-10,12,16,18-19,21,25-30,33,36,38,41-42,45,64H,4-6,8,11,13-15,17,20,22-24,31-32,34-35,37,39-40,43-44,46-63H2,1-3H3/b10-7-,12-9-,19-16-,21-18-,28-25-,29-26-,30-27-,36-33-,41-38-,45-42-. The van der Waals surface area contributed by atoms with Crippen LogP contribution in [-0.4, -0.2) is 37.2 Å². The van der Waals surface area contributed by atoms with Crippen LogP contribution in [0.1, 0.15) is 265 Å². The molecule has 0 fully saturated rings. The van der Waals surface area contributed by atoms with Crippen LogP contribution in [0.15, 0.2) is 122 Å². The summed E-state index contributed by atoms with van der Waals surface area (Å²) in [5.41, 5.74) is 0. The van der Waals surface area contributed by atoms with Crippen LogP contribution >= 0.6 is 0 Å². The largest absolute Gasteiger partial charge is 0.462 e. The fourth-order valence-corrected chi connectivity index (χ4v) is 7.98. The Balaban J connectivity index is 4.50. The van der Waals surface area contributed by atoms with E-state index in [2.05, 4.69) is 142 Å². The first-order chi connectivity index (χ1) is 36.0. The van der Waals surface area contributed by atoms with Crippen LogP contribution in [-0.2, 0) is 28.6 Å².